The molecule has 0 radical (unpaired) electrons. The Morgan fingerprint density at radius 2 is 1.77 bits per heavy atom. The number of halogens is 1. The van der Waals surface area contributed by atoms with Crippen molar-refractivity contribution in [1.82, 2.24) is 14.9 Å². The minimum absolute atomic E-state index is 0.271. The Kier molecular flexibility index (Phi) is 9.03. The summed E-state index contributed by atoms with van der Waals surface area (Å²) in [6, 6.07) is 17.8. The normalized spacial score (nSPS) is 13.9. The molecule has 1 fully saturated rings. The van der Waals surface area contributed by atoms with E-state index in [0.29, 0.717) is 23.9 Å². The number of hydrogen-bond acceptors (Lipinski definition) is 8. The Hall–Kier alpha value is -4.24. The number of anilines is 2. The third kappa shape index (κ3) is 7.04. The van der Waals surface area contributed by atoms with E-state index in [0.717, 1.165) is 46.4 Å². The lowest BCUT2D eigenvalue weighted by molar-refractivity contribution is 0.130. The highest BCUT2D eigenvalue weighted by molar-refractivity contribution is 5.99. The van der Waals surface area contributed by atoms with E-state index >= 15 is 0 Å². The predicted molar refractivity (Wildman–Crippen MR) is 155 cm³/mol. The number of methoxy groups -OCH3 is 1. The third-order valence-corrected chi connectivity index (χ3v) is 6.91. The molecule has 2 heterocycles. The number of rotatable bonds is 12. The Morgan fingerprint density at radius 3 is 2.52 bits per heavy atom. The van der Waals surface area contributed by atoms with Gasteiger partial charge in [-0.25, -0.2) is 14.4 Å². The summed E-state index contributed by atoms with van der Waals surface area (Å²) >= 11 is 0. The van der Waals surface area contributed by atoms with Crippen molar-refractivity contribution in [2.75, 3.05) is 38.7 Å². The molecule has 5 rings (SSSR count). The van der Waals surface area contributed by atoms with Crippen molar-refractivity contribution in [2.24, 2.45) is 5.16 Å². The van der Waals surface area contributed by atoms with Crippen molar-refractivity contribution in [3.63, 3.8) is 0 Å². The van der Waals surface area contributed by atoms with E-state index in [9.17, 15) is 4.39 Å². The van der Waals surface area contributed by atoms with Crippen LogP contribution < -0.4 is 14.8 Å². The van der Waals surface area contributed by atoms with Gasteiger partial charge in [0.05, 0.1) is 24.9 Å². The van der Waals surface area contributed by atoms with Gasteiger partial charge >= 0.3 is 0 Å². The van der Waals surface area contributed by atoms with Crippen LogP contribution in [0.25, 0.3) is 10.9 Å². The average Bonchev–Trinajstić information content (AvgIpc) is 3.50. The van der Waals surface area contributed by atoms with Gasteiger partial charge < -0.3 is 24.5 Å². The van der Waals surface area contributed by atoms with Gasteiger partial charge in [0.25, 0.3) is 0 Å². The number of fused-ring (bicyclic) bond motifs is 1. The van der Waals surface area contributed by atoms with Crippen LogP contribution in [0.2, 0.25) is 0 Å². The Morgan fingerprint density at radius 1 is 1.00 bits per heavy atom. The second-order valence-corrected chi connectivity index (χ2v) is 9.77. The number of nitrogens with zero attached hydrogens (tertiary/aromatic N) is 4. The number of oxime groups is 1. The fraction of sp³-hybridized carbons (Fsp3) is 0.323. The maximum absolute atomic E-state index is 13.1. The van der Waals surface area contributed by atoms with E-state index < -0.39 is 0 Å². The summed E-state index contributed by atoms with van der Waals surface area (Å²) in [7, 11) is 1.64. The highest BCUT2D eigenvalue weighted by atomic mass is 19.1. The van der Waals surface area contributed by atoms with Crippen LogP contribution in [0.1, 0.15) is 37.3 Å². The quantitative estimate of drug-likeness (QED) is 0.127. The van der Waals surface area contributed by atoms with E-state index in [1.54, 1.807) is 19.2 Å². The molecule has 1 saturated heterocycles. The van der Waals surface area contributed by atoms with E-state index in [1.165, 1.54) is 44.4 Å². The topological polar surface area (TPSA) is 81.1 Å². The van der Waals surface area contributed by atoms with Crippen LogP contribution in [-0.4, -0.2) is 53.9 Å². The zero-order valence-electron chi connectivity index (χ0n) is 22.9. The van der Waals surface area contributed by atoms with Gasteiger partial charge in [-0.1, -0.05) is 29.4 Å². The summed E-state index contributed by atoms with van der Waals surface area (Å²) in [5.74, 6) is 1.73. The van der Waals surface area contributed by atoms with Crippen molar-refractivity contribution in [3.05, 3.63) is 83.9 Å². The second-order valence-electron chi connectivity index (χ2n) is 9.77. The summed E-state index contributed by atoms with van der Waals surface area (Å²) in [5.41, 5.74) is 4.14. The van der Waals surface area contributed by atoms with Gasteiger partial charge in [0, 0.05) is 23.7 Å². The molecule has 0 bridgehead atoms. The van der Waals surface area contributed by atoms with Gasteiger partial charge in [-0.15, -0.1) is 0 Å². The van der Waals surface area contributed by atoms with Crippen LogP contribution in [0, 0.1) is 5.82 Å². The fourth-order valence-electron chi connectivity index (χ4n) is 4.68. The Labute approximate surface area is 233 Å². The first-order valence-electron chi connectivity index (χ1n) is 13.6. The van der Waals surface area contributed by atoms with Crippen molar-refractivity contribution in [2.45, 2.75) is 32.8 Å². The van der Waals surface area contributed by atoms with Gasteiger partial charge in [-0.3, -0.25) is 0 Å². The number of likely N-dealkylation sites (tertiary alicyclic amines) is 1. The van der Waals surface area contributed by atoms with Gasteiger partial charge in [-0.05, 0) is 80.7 Å². The first-order chi connectivity index (χ1) is 19.6. The molecule has 4 aromatic rings. The number of benzene rings is 3. The molecule has 3 aromatic carbocycles. The molecular formula is C31H34FN5O3. The van der Waals surface area contributed by atoms with Gasteiger partial charge in [0.2, 0.25) is 0 Å². The first kappa shape index (κ1) is 27.3. The molecule has 1 aliphatic heterocycles. The lowest BCUT2D eigenvalue weighted by Gasteiger charge is -2.16. The first-order valence-corrected chi connectivity index (χ1v) is 13.6. The molecule has 0 aliphatic carbocycles. The standard InChI is InChI=1S/C31H34FN5O3/c1-22(36-40-20-23-6-10-25(32)11-7-23)24-8-12-26(13-9-24)35-31-27-18-30(29(38-2)19-28(27)33-21-34-31)39-17-5-16-37-14-3-4-15-37/h6-13,18-19,21H,3-5,14-17,20H2,1-2H3,(H,33,34,35)/b36-22-. The minimum atomic E-state index is -0.274. The summed E-state index contributed by atoms with van der Waals surface area (Å²) in [4.78, 5) is 16.9. The number of aromatic nitrogens is 2. The van der Waals surface area contributed by atoms with Gasteiger partial charge in [0.1, 0.15) is 24.6 Å². The average molecular weight is 544 g/mol. The van der Waals surface area contributed by atoms with E-state index in [2.05, 4.69) is 25.3 Å². The fourth-order valence-corrected chi connectivity index (χ4v) is 4.68. The van der Waals surface area contributed by atoms with Crippen LogP contribution >= 0.6 is 0 Å². The number of hydrogen-bond donors (Lipinski definition) is 1. The molecule has 0 amide bonds. The molecule has 40 heavy (non-hydrogen) atoms. The maximum Gasteiger partial charge on any atom is 0.162 e. The third-order valence-electron chi connectivity index (χ3n) is 6.91. The van der Waals surface area contributed by atoms with Crippen molar-refractivity contribution < 1.29 is 18.7 Å². The summed E-state index contributed by atoms with van der Waals surface area (Å²) < 4.78 is 24.8. The Bertz CT molecular complexity index is 1440. The molecule has 8 nitrogen and oxygen atoms in total. The lowest BCUT2D eigenvalue weighted by atomic mass is 10.1. The minimum Gasteiger partial charge on any atom is -0.493 e. The molecule has 208 valence electrons. The molecule has 1 aromatic heterocycles. The van der Waals surface area contributed by atoms with Crippen LogP contribution in [0.3, 0.4) is 0 Å². The van der Waals surface area contributed by atoms with Gasteiger partial charge in [0.15, 0.2) is 11.5 Å². The van der Waals surface area contributed by atoms with Crippen molar-refractivity contribution >= 4 is 28.1 Å². The molecule has 0 unspecified atom stereocenters. The molecule has 0 atom stereocenters. The molecule has 1 N–H and O–H groups in total. The van der Waals surface area contributed by atoms with Crippen molar-refractivity contribution in [3.8, 4) is 11.5 Å². The van der Waals surface area contributed by atoms with Crippen LogP contribution in [-0.2, 0) is 11.4 Å². The van der Waals surface area contributed by atoms with Crippen LogP contribution in [0.4, 0.5) is 15.9 Å². The summed E-state index contributed by atoms with van der Waals surface area (Å²) in [6.45, 7) is 6.18. The molecule has 0 spiro atoms. The molecule has 1 aliphatic rings. The molecule has 0 saturated carbocycles. The maximum atomic E-state index is 13.1. The summed E-state index contributed by atoms with van der Waals surface area (Å²) in [6.07, 6.45) is 5.07. The van der Waals surface area contributed by atoms with E-state index in [4.69, 9.17) is 14.3 Å². The number of ether oxygens (including phenoxy) is 2. The summed E-state index contributed by atoms with van der Waals surface area (Å²) in [5, 5.41) is 8.44. The smallest absolute Gasteiger partial charge is 0.162 e. The van der Waals surface area contributed by atoms with Gasteiger partial charge in [-0.2, -0.15) is 0 Å². The second kappa shape index (κ2) is 13.2. The highest BCUT2D eigenvalue weighted by Crippen LogP contribution is 2.35. The van der Waals surface area contributed by atoms with E-state index in [1.807, 2.05) is 43.3 Å². The van der Waals surface area contributed by atoms with E-state index in [-0.39, 0.29) is 12.4 Å². The SMILES string of the molecule is COc1cc2ncnc(Nc3ccc(/C(C)=N\OCc4ccc(F)cc4)cc3)c2cc1OCCCN1CCCC1. The molecule has 9 heteroatoms. The largest absolute Gasteiger partial charge is 0.493 e. The van der Waals surface area contributed by atoms with Crippen LogP contribution in [0.15, 0.2) is 72.1 Å². The van der Waals surface area contributed by atoms with Crippen molar-refractivity contribution in [1.29, 1.82) is 0 Å². The lowest BCUT2D eigenvalue weighted by Crippen LogP contribution is -2.21. The monoisotopic (exact) mass is 543 g/mol. The Balaban J connectivity index is 1.24. The number of nitrogens with one attached hydrogen (secondary N) is 1. The zero-order valence-corrected chi connectivity index (χ0v) is 22.9. The zero-order chi connectivity index (χ0) is 27.7. The van der Waals surface area contributed by atoms with Crippen LogP contribution in [0.5, 0.6) is 11.5 Å². The highest BCUT2D eigenvalue weighted by Gasteiger charge is 2.14. The predicted octanol–water partition coefficient (Wildman–Crippen LogP) is 6.33. The molecular weight excluding hydrogens is 509 g/mol.